The zero-order valence-electron chi connectivity index (χ0n) is 29.5. The maximum Gasteiger partial charge on any atom is 0.255 e. The van der Waals surface area contributed by atoms with Crippen LogP contribution in [0.5, 0.6) is 0 Å². The third-order valence-corrected chi connectivity index (χ3v) is 11.4. The summed E-state index contributed by atoms with van der Waals surface area (Å²) in [6.07, 6.45) is 5.93. The Balaban J connectivity index is 0.000000194. The molecule has 6 aliphatic heterocycles. The summed E-state index contributed by atoms with van der Waals surface area (Å²) in [4.78, 5) is 78.0. The van der Waals surface area contributed by atoms with E-state index in [1.165, 1.54) is 11.1 Å². The number of likely N-dealkylation sites (tertiary alicyclic amines) is 1. The van der Waals surface area contributed by atoms with Gasteiger partial charge in [0.15, 0.2) is 0 Å². The van der Waals surface area contributed by atoms with E-state index in [9.17, 15) is 28.8 Å². The van der Waals surface area contributed by atoms with Crippen molar-refractivity contribution in [1.29, 1.82) is 0 Å². The first-order valence-electron chi connectivity index (χ1n) is 18.2. The number of carbonyl (C=O) groups is 6. The number of nitrogens with zero attached hydrogens (tertiary/aromatic N) is 3. The van der Waals surface area contributed by atoms with E-state index in [0.29, 0.717) is 48.9 Å². The average Bonchev–Trinajstić information content (AvgIpc) is 3.63. The Hall–Kier alpha value is -3.40. The molecule has 2 aromatic carbocycles. The quantitative estimate of drug-likeness (QED) is 0.282. The Bertz CT molecular complexity index is 1730. The number of nitrogens with one attached hydrogen (secondary N) is 3. The molecule has 6 amide bonds. The van der Waals surface area contributed by atoms with E-state index in [2.05, 4.69) is 52.0 Å². The van der Waals surface area contributed by atoms with Gasteiger partial charge >= 0.3 is 0 Å². The van der Waals surface area contributed by atoms with E-state index in [1.54, 1.807) is 9.80 Å². The number of fused-ring (bicyclic) bond motifs is 2. The lowest BCUT2D eigenvalue weighted by Gasteiger charge is -2.31. The first-order valence-corrected chi connectivity index (χ1v) is 18.2. The molecule has 0 saturated carbocycles. The number of hydrogen-bond donors (Lipinski definition) is 3. The van der Waals surface area contributed by atoms with Gasteiger partial charge in [-0.05, 0) is 117 Å². The molecule has 14 heteroatoms. The van der Waals surface area contributed by atoms with Crippen LogP contribution in [0.3, 0.4) is 0 Å². The smallest absolute Gasteiger partial charge is 0.255 e. The predicted octanol–water partition coefficient (Wildman–Crippen LogP) is -0.0127. The molecule has 3 N–H and O–H groups in total. The first kappa shape index (κ1) is 39.8. The monoisotopic (exact) mass is 845 g/mol. The van der Waals surface area contributed by atoms with Crippen molar-refractivity contribution >= 4 is 47.9 Å². The Labute approximate surface area is 327 Å². The fourth-order valence-electron chi connectivity index (χ4n) is 8.43. The zero-order valence-corrected chi connectivity index (χ0v) is 32.4. The molecule has 0 radical (unpaired) electrons. The molecule has 0 bridgehead atoms. The summed E-state index contributed by atoms with van der Waals surface area (Å²) < 4.78 is 0. The van der Waals surface area contributed by atoms with Crippen LogP contribution in [0.4, 0.5) is 0 Å². The van der Waals surface area contributed by atoms with Crippen molar-refractivity contribution in [3.63, 3.8) is 0 Å². The van der Waals surface area contributed by atoms with Crippen molar-refractivity contribution in [3.05, 3.63) is 69.8 Å². The van der Waals surface area contributed by atoms with Crippen molar-refractivity contribution in [2.45, 2.75) is 95.3 Å². The van der Waals surface area contributed by atoms with Gasteiger partial charge < -0.3 is 44.0 Å². The van der Waals surface area contributed by atoms with E-state index in [4.69, 9.17) is 0 Å². The van der Waals surface area contributed by atoms with Crippen LogP contribution in [0.25, 0.3) is 0 Å². The highest BCUT2D eigenvalue weighted by Gasteiger charge is 2.40. The Morgan fingerprint density at radius 1 is 0.635 bits per heavy atom. The summed E-state index contributed by atoms with van der Waals surface area (Å²) in [7, 11) is 0. The molecule has 6 heterocycles. The van der Waals surface area contributed by atoms with Crippen LogP contribution in [-0.4, -0.2) is 95.0 Å². The summed E-state index contributed by atoms with van der Waals surface area (Å²) in [6.45, 7) is 8.53. The highest BCUT2D eigenvalue weighted by Crippen LogP contribution is 2.34. The van der Waals surface area contributed by atoms with Crippen molar-refractivity contribution in [2.75, 3.05) is 32.7 Å². The van der Waals surface area contributed by atoms with Crippen LogP contribution in [0, 0.1) is 0 Å². The Morgan fingerprint density at radius 2 is 1.08 bits per heavy atom. The highest BCUT2D eigenvalue weighted by molar-refractivity contribution is 6.06. The second-order valence-electron chi connectivity index (χ2n) is 14.4. The number of piperidine rings is 4. The molecule has 280 valence electrons. The molecule has 4 fully saturated rings. The minimum Gasteiger partial charge on any atom is -1.00 e. The second kappa shape index (κ2) is 17.2. The lowest BCUT2D eigenvalue weighted by Crippen LogP contribution is -3.00. The summed E-state index contributed by atoms with van der Waals surface area (Å²) in [5.74, 6) is -0.331. The highest BCUT2D eigenvalue weighted by atomic mass is 127. The van der Waals surface area contributed by atoms with Crippen LogP contribution in [0.1, 0.15) is 113 Å². The second-order valence-corrected chi connectivity index (χ2v) is 14.4. The molecule has 6 aliphatic rings. The van der Waals surface area contributed by atoms with Crippen LogP contribution < -0.4 is 39.9 Å². The van der Waals surface area contributed by atoms with E-state index >= 15 is 0 Å². The third kappa shape index (κ3) is 8.22. The fraction of sp³-hybridized carbons (Fsp3) is 0.526. The molecule has 2 atom stereocenters. The fourth-order valence-corrected chi connectivity index (χ4v) is 8.43. The van der Waals surface area contributed by atoms with E-state index in [-0.39, 0.29) is 84.7 Å². The molecule has 0 aromatic heterocycles. The van der Waals surface area contributed by atoms with Crippen molar-refractivity contribution in [3.8, 4) is 0 Å². The van der Waals surface area contributed by atoms with Gasteiger partial charge in [0.1, 0.15) is 12.1 Å². The van der Waals surface area contributed by atoms with Crippen LogP contribution in [0.15, 0.2) is 36.4 Å². The normalized spacial score (nSPS) is 23.9. The van der Waals surface area contributed by atoms with Crippen LogP contribution in [0.2, 0.25) is 0 Å². The largest absolute Gasteiger partial charge is 1.00 e. The summed E-state index contributed by atoms with van der Waals surface area (Å²) in [6, 6.07) is 11.2. The molecule has 2 aromatic rings. The van der Waals surface area contributed by atoms with Gasteiger partial charge in [-0.25, -0.2) is 0 Å². The maximum absolute atomic E-state index is 12.7. The van der Waals surface area contributed by atoms with Gasteiger partial charge in [-0.15, -0.1) is 12.4 Å². The van der Waals surface area contributed by atoms with E-state index in [1.807, 2.05) is 12.1 Å². The number of benzene rings is 2. The topological polar surface area (TPSA) is 148 Å². The number of carbonyl (C=O) groups excluding carboxylic acids is 6. The summed E-state index contributed by atoms with van der Waals surface area (Å²) >= 11 is 0. The van der Waals surface area contributed by atoms with Gasteiger partial charge in [-0.3, -0.25) is 39.4 Å². The number of imide groups is 2. The number of hydrogen-bond acceptors (Lipinski definition) is 8. The molecule has 8 rings (SSSR count). The number of rotatable bonds is 5. The lowest BCUT2D eigenvalue weighted by atomic mass is 9.88. The Kier molecular flexibility index (Phi) is 13.1. The minimum absolute atomic E-state index is 0. The number of halogens is 2. The molecule has 12 nitrogen and oxygen atoms in total. The molecule has 52 heavy (non-hydrogen) atoms. The first-order chi connectivity index (χ1) is 24.2. The van der Waals surface area contributed by atoms with Crippen molar-refractivity contribution < 1.29 is 52.7 Å². The van der Waals surface area contributed by atoms with Gasteiger partial charge in [-0.2, -0.15) is 0 Å². The third-order valence-electron chi connectivity index (χ3n) is 11.4. The van der Waals surface area contributed by atoms with Gasteiger partial charge in [0.2, 0.25) is 23.6 Å². The summed E-state index contributed by atoms with van der Waals surface area (Å²) in [5.41, 5.74) is 5.99. The molecule has 2 unspecified atom stereocenters. The average molecular weight is 846 g/mol. The van der Waals surface area contributed by atoms with Crippen LogP contribution >= 0.6 is 12.4 Å². The molecule has 0 spiro atoms. The van der Waals surface area contributed by atoms with Crippen molar-refractivity contribution in [2.24, 2.45) is 0 Å². The van der Waals surface area contributed by atoms with Crippen molar-refractivity contribution in [1.82, 2.24) is 30.7 Å². The minimum atomic E-state index is -0.538. The van der Waals surface area contributed by atoms with Gasteiger partial charge in [0.25, 0.3) is 11.8 Å². The zero-order chi connectivity index (χ0) is 34.9. The number of amides is 6. The van der Waals surface area contributed by atoms with Gasteiger partial charge in [0, 0.05) is 37.1 Å². The van der Waals surface area contributed by atoms with Gasteiger partial charge in [-0.1, -0.05) is 31.2 Å². The maximum atomic E-state index is 12.7. The van der Waals surface area contributed by atoms with E-state index < -0.39 is 12.1 Å². The van der Waals surface area contributed by atoms with E-state index in [0.717, 1.165) is 69.5 Å². The summed E-state index contributed by atoms with van der Waals surface area (Å²) in [5, 5.41) is 8.06. The van der Waals surface area contributed by atoms with Gasteiger partial charge in [0.05, 0.1) is 0 Å². The molecular formula is C38H47ClIN6O6-. The molecular weight excluding hydrogens is 799 g/mol. The standard InChI is InChI=1S/C20H25N3O3.C18H21N3O3.ClH.HI/c1-2-22-9-7-13(8-10-22)14-3-4-16-15(11-14)12-23(20(16)26)17-5-6-18(24)21-19(17)25;22-16-4-3-15(17(23)20-16)21-10-13-9-12(1-2-14(13)18(21)24)11-5-7-19-8-6-11;;/h3-4,11,13,17H,2,5-10,12H2,1H3,(H,21,24,25);1-2,9,11,15,19H,3-8,10H2,(H,20,22,23);2*1H/p-1. The lowest BCUT2D eigenvalue weighted by molar-refractivity contribution is -0.138. The van der Waals surface area contributed by atoms with Crippen LogP contribution in [-0.2, 0) is 32.3 Å². The Morgan fingerprint density at radius 3 is 1.50 bits per heavy atom. The molecule has 0 aliphatic carbocycles. The molecule has 4 saturated heterocycles. The predicted molar refractivity (Wildman–Crippen MR) is 191 cm³/mol. The SMILES string of the molecule is CCN1CCC(c2ccc3c(c2)CN(C2CCC(=O)NC2=O)C3=O)CC1.Cl.O=C1CCC(N2Cc3cc(C4CCNCC4)ccc3C2=O)C(=O)N1.[I-].